The SMILES string of the molecule is CC(C)(C)N1CCN(CC2CCN(C(CC=O)(c3ccccc3)c3ccccc3)CC2)CC1. The molecule has 4 nitrogen and oxygen atoms in total. The van der Waals surface area contributed by atoms with E-state index in [1.807, 2.05) is 0 Å². The predicted molar refractivity (Wildman–Crippen MR) is 136 cm³/mol. The third-order valence-electron chi connectivity index (χ3n) is 7.87. The average molecular weight is 448 g/mol. The molecular formula is C29H41N3O. The van der Waals surface area contributed by atoms with Crippen LogP contribution in [0.2, 0.25) is 0 Å². The fraction of sp³-hybridized carbons (Fsp3) is 0.552. The zero-order valence-corrected chi connectivity index (χ0v) is 20.7. The van der Waals surface area contributed by atoms with Crippen LogP contribution in [0.4, 0.5) is 0 Å². The summed E-state index contributed by atoms with van der Waals surface area (Å²) < 4.78 is 0. The van der Waals surface area contributed by atoms with Gasteiger partial charge in [-0.2, -0.15) is 0 Å². The van der Waals surface area contributed by atoms with Crippen molar-refractivity contribution in [1.29, 1.82) is 0 Å². The Morgan fingerprint density at radius 3 is 1.73 bits per heavy atom. The lowest BCUT2D eigenvalue weighted by Gasteiger charge is -2.48. The molecular weight excluding hydrogens is 406 g/mol. The molecule has 0 bridgehead atoms. The lowest BCUT2D eigenvalue weighted by Crippen LogP contribution is -2.55. The minimum Gasteiger partial charge on any atom is -0.303 e. The number of rotatable bonds is 7. The van der Waals surface area contributed by atoms with Crippen LogP contribution in [0.5, 0.6) is 0 Å². The normalized spacial score (nSPS) is 20.1. The molecule has 0 spiro atoms. The highest BCUT2D eigenvalue weighted by atomic mass is 16.1. The fourth-order valence-electron chi connectivity index (χ4n) is 5.91. The molecule has 0 radical (unpaired) electrons. The van der Waals surface area contributed by atoms with Crippen molar-refractivity contribution in [2.24, 2.45) is 5.92 Å². The van der Waals surface area contributed by atoms with Crippen molar-refractivity contribution in [3.63, 3.8) is 0 Å². The van der Waals surface area contributed by atoms with Gasteiger partial charge in [-0.05, 0) is 63.7 Å². The molecule has 2 heterocycles. The second-order valence-corrected chi connectivity index (χ2v) is 10.9. The van der Waals surface area contributed by atoms with E-state index in [-0.39, 0.29) is 11.1 Å². The molecule has 33 heavy (non-hydrogen) atoms. The van der Waals surface area contributed by atoms with Crippen LogP contribution in [-0.2, 0) is 10.3 Å². The Hall–Kier alpha value is -2.01. The molecule has 4 rings (SSSR count). The predicted octanol–water partition coefficient (Wildman–Crippen LogP) is 4.65. The number of nitrogens with zero attached hydrogens (tertiary/aromatic N) is 3. The highest BCUT2D eigenvalue weighted by Gasteiger charge is 2.41. The minimum atomic E-state index is -0.381. The quantitative estimate of drug-likeness (QED) is 0.578. The fourth-order valence-corrected chi connectivity index (χ4v) is 5.91. The van der Waals surface area contributed by atoms with Gasteiger partial charge in [0.15, 0.2) is 0 Å². The van der Waals surface area contributed by atoms with Crippen LogP contribution < -0.4 is 0 Å². The lowest BCUT2D eigenvalue weighted by molar-refractivity contribution is -0.110. The van der Waals surface area contributed by atoms with Gasteiger partial charge in [-0.25, -0.2) is 0 Å². The first kappa shape index (κ1) is 24.1. The number of carbonyl (C=O) groups excluding carboxylic acids is 1. The number of hydrogen-bond acceptors (Lipinski definition) is 4. The Morgan fingerprint density at radius 1 is 0.758 bits per heavy atom. The molecule has 0 amide bonds. The van der Waals surface area contributed by atoms with Crippen molar-refractivity contribution >= 4 is 6.29 Å². The van der Waals surface area contributed by atoms with E-state index in [4.69, 9.17) is 0 Å². The van der Waals surface area contributed by atoms with E-state index in [2.05, 4.69) is 96.1 Å². The van der Waals surface area contributed by atoms with E-state index in [0.717, 1.165) is 25.3 Å². The Morgan fingerprint density at radius 2 is 1.27 bits per heavy atom. The first-order chi connectivity index (χ1) is 15.9. The maximum absolute atomic E-state index is 12.0. The van der Waals surface area contributed by atoms with Crippen LogP contribution >= 0.6 is 0 Å². The topological polar surface area (TPSA) is 26.8 Å². The van der Waals surface area contributed by atoms with Crippen LogP contribution in [0.25, 0.3) is 0 Å². The van der Waals surface area contributed by atoms with E-state index < -0.39 is 0 Å². The number of piperidine rings is 1. The molecule has 2 aliphatic rings. The summed E-state index contributed by atoms with van der Waals surface area (Å²) in [5.41, 5.74) is 2.34. The third-order valence-corrected chi connectivity index (χ3v) is 7.87. The maximum atomic E-state index is 12.0. The van der Waals surface area contributed by atoms with Gasteiger partial charge in [0, 0.05) is 44.7 Å². The molecule has 2 aromatic carbocycles. The summed E-state index contributed by atoms with van der Waals surface area (Å²) in [4.78, 5) is 19.9. The molecule has 0 atom stereocenters. The second kappa shape index (κ2) is 10.5. The van der Waals surface area contributed by atoms with Gasteiger partial charge in [0.05, 0.1) is 5.54 Å². The summed E-state index contributed by atoms with van der Waals surface area (Å²) in [5, 5.41) is 0. The van der Waals surface area contributed by atoms with Gasteiger partial charge in [-0.3, -0.25) is 9.80 Å². The molecule has 2 saturated heterocycles. The average Bonchev–Trinajstić information content (AvgIpc) is 2.84. The number of aldehydes is 1. The van der Waals surface area contributed by atoms with Crippen molar-refractivity contribution in [3.8, 4) is 0 Å². The van der Waals surface area contributed by atoms with Crippen LogP contribution in [0.1, 0.15) is 51.2 Å². The molecule has 0 N–H and O–H groups in total. The number of carbonyl (C=O) groups is 1. The number of piperazine rings is 1. The first-order valence-electron chi connectivity index (χ1n) is 12.7. The van der Waals surface area contributed by atoms with Crippen molar-refractivity contribution in [2.45, 2.75) is 51.1 Å². The summed E-state index contributed by atoms with van der Waals surface area (Å²) in [7, 11) is 0. The monoisotopic (exact) mass is 447 g/mol. The van der Waals surface area contributed by atoms with Gasteiger partial charge in [0.2, 0.25) is 0 Å². The van der Waals surface area contributed by atoms with E-state index in [1.165, 1.54) is 56.7 Å². The van der Waals surface area contributed by atoms with Gasteiger partial charge in [-0.1, -0.05) is 60.7 Å². The molecule has 2 aliphatic heterocycles. The van der Waals surface area contributed by atoms with Crippen LogP contribution in [0, 0.1) is 5.92 Å². The van der Waals surface area contributed by atoms with Gasteiger partial charge < -0.3 is 9.69 Å². The summed E-state index contributed by atoms with van der Waals surface area (Å²) in [6, 6.07) is 21.3. The molecule has 4 heteroatoms. The molecule has 0 unspecified atom stereocenters. The van der Waals surface area contributed by atoms with E-state index >= 15 is 0 Å². The number of benzene rings is 2. The van der Waals surface area contributed by atoms with Gasteiger partial charge in [0.1, 0.15) is 6.29 Å². The molecule has 2 aromatic rings. The highest BCUT2D eigenvalue weighted by Crippen LogP contribution is 2.41. The third kappa shape index (κ3) is 5.40. The van der Waals surface area contributed by atoms with Gasteiger partial charge in [0.25, 0.3) is 0 Å². The zero-order chi connectivity index (χ0) is 23.3. The minimum absolute atomic E-state index is 0.272. The summed E-state index contributed by atoms with van der Waals surface area (Å²) in [6.07, 6.45) is 3.99. The Balaban J connectivity index is 1.45. The van der Waals surface area contributed by atoms with E-state index in [1.54, 1.807) is 0 Å². The van der Waals surface area contributed by atoms with Crippen molar-refractivity contribution in [2.75, 3.05) is 45.8 Å². The lowest BCUT2D eigenvalue weighted by atomic mass is 9.77. The summed E-state index contributed by atoms with van der Waals surface area (Å²) in [5.74, 6) is 0.739. The van der Waals surface area contributed by atoms with Gasteiger partial charge in [-0.15, -0.1) is 0 Å². The molecule has 178 valence electrons. The van der Waals surface area contributed by atoms with Crippen molar-refractivity contribution < 1.29 is 4.79 Å². The smallest absolute Gasteiger partial charge is 0.122 e. The van der Waals surface area contributed by atoms with E-state index in [0.29, 0.717) is 6.42 Å². The number of likely N-dealkylation sites (tertiary alicyclic amines) is 1. The molecule has 0 saturated carbocycles. The van der Waals surface area contributed by atoms with Crippen molar-refractivity contribution in [1.82, 2.24) is 14.7 Å². The Labute approximate surface area is 200 Å². The molecule has 2 fully saturated rings. The van der Waals surface area contributed by atoms with Crippen molar-refractivity contribution in [3.05, 3.63) is 71.8 Å². The largest absolute Gasteiger partial charge is 0.303 e. The number of hydrogen-bond donors (Lipinski definition) is 0. The summed E-state index contributed by atoms with van der Waals surface area (Å²) in [6.45, 7) is 15.0. The highest BCUT2D eigenvalue weighted by molar-refractivity contribution is 5.57. The Bertz CT molecular complexity index is 821. The van der Waals surface area contributed by atoms with Crippen LogP contribution in [0.15, 0.2) is 60.7 Å². The van der Waals surface area contributed by atoms with E-state index in [9.17, 15) is 4.79 Å². The van der Waals surface area contributed by atoms with Crippen LogP contribution in [0.3, 0.4) is 0 Å². The Kier molecular flexibility index (Phi) is 7.68. The summed E-state index contributed by atoms with van der Waals surface area (Å²) >= 11 is 0. The molecule has 0 aliphatic carbocycles. The maximum Gasteiger partial charge on any atom is 0.122 e. The van der Waals surface area contributed by atoms with Crippen LogP contribution in [-0.4, -0.2) is 72.3 Å². The van der Waals surface area contributed by atoms with Gasteiger partial charge >= 0.3 is 0 Å². The standard InChI is InChI=1S/C29H41N3O/c1-28(2,3)31-21-19-30(20-22-31)24-25-14-17-32(18-15-25)29(16-23-33,26-10-6-4-7-11-26)27-12-8-5-9-13-27/h4-13,23,25H,14-22,24H2,1-3H3. The molecule has 0 aromatic heterocycles. The second-order valence-electron chi connectivity index (χ2n) is 10.9. The zero-order valence-electron chi connectivity index (χ0n) is 20.7. The first-order valence-corrected chi connectivity index (χ1v) is 12.7.